The molecule has 1 saturated heterocycles. The van der Waals surface area contributed by atoms with Crippen molar-refractivity contribution in [2.75, 3.05) is 13.1 Å². The average Bonchev–Trinajstić information content (AvgIpc) is 2.95. The first kappa shape index (κ1) is 16.1. The number of nitrogens with zero attached hydrogens (tertiary/aromatic N) is 1. The Balaban J connectivity index is 1.91. The van der Waals surface area contributed by atoms with E-state index in [1.807, 2.05) is 0 Å². The van der Waals surface area contributed by atoms with E-state index in [0.717, 1.165) is 38.5 Å². The lowest BCUT2D eigenvalue weighted by atomic mass is 9.84. The van der Waals surface area contributed by atoms with Crippen LogP contribution in [0.2, 0.25) is 0 Å². The number of urea groups is 1. The minimum absolute atomic E-state index is 0.0374. The topological polar surface area (TPSA) is 89.9 Å². The molecule has 2 amide bonds. The Morgan fingerprint density at radius 1 is 1.14 bits per heavy atom. The number of likely N-dealkylation sites (tertiary alicyclic amines) is 1. The van der Waals surface area contributed by atoms with Gasteiger partial charge in [-0.05, 0) is 32.1 Å². The van der Waals surface area contributed by atoms with Crippen LogP contribution in [0.4, 0.5) is 4.79 Å². The Bertz CT molecular complexity index is 380. The summed E-state index contributed by atoms with van der Waals surface area (Å²) >= 11 is 0. The minimum Gasteiger partial charge on any atom is -0.480 e. The number of carboxylic acid groups (broad SMARTS) is 1. The van der Waals surface area contributed by atoms with Crippen LogP contribution in [-0.4, -0.2) is 52.3 Å². The average molecular weight is 298 g/mol. The molecule has 6 nitrogen and oxygen atoms in total. The third kappa shape index (κ3) is 4.09. The number of aliphatic hydroxyl groups excluding tert-OH is 1. The number of rotatable bonds is 4. The molecule has 3 unspecified atom stereocenters. The van der Waals surface area contributed by atoms with Gasteiger partial charge in [-0.3, -0.25) is 0 Å². The van der Waals surface area contributed by atoms with Crippen molar-refractivity contribution in [2.24, 2.45) is 11.8 Å². The van der Waals surface area contributed by atoms with Crippen LogP contribution in [0.5, 0.6) is 0 Å². The van der Waals surface area contributed by atoms with Crippen molar-refractivity contribution in [1.82, 2.24) is 10.2 Å². The molecular weight excluding hydrogens is 272 g/mol. The second kappa shape index (κ2) is 7.11. The van der Waals surface area contributed by atoms with Gasteiger partial charge in [-0.15, -0.1) is 0 Å². The van der Waals surface area contributed by atoms with E-state index in [-0.39, 0.29) is 17.9 Å². The van der Waals surface area contributed by atoms with Crippen LogP contribution in [0.25, 0.3) is 0 Å². The molecule has 2 fully saturated rings. The first-order valence-electron chi connectivity index (χ1n) is 7.95. The van der Waals surface area contributed by atoms with Crippen molar-refractivity contribution in [3.63, 3.8) is 0 Å². The summed E-state index contributed by atoms with van der Waals surface area (Å²) in [5.41, 5.74) is 0. The zero-order valence-corrected chi connectivity index (χ0v) is 12.6. The summed E-state index contributed by atoms with van der Waals surface area (Å²) in [6, 6.07) is -1.10. The van der Waals surface area contributed by atoms with Crippen LogP contribution >= 0.6 is 0 Å². The van der Waals surface area contributed by atoms with Gasteiger partial charge in [-0.1, -0.05) is 19.3 Å². The Hall–Kier alpha value is -1.30. The molecule has 120 valence electrons. The number of aliphatic carboxylic acids is 1. The summed E-state index contributed by atoms with van der Waals surface area (Å²) in [5, 5.41) is 21.7. The van der Waals surface area contributed by atoms with Gasteiger partial charge in [-0.25, -0.2) is 9.59 Å². The number of carboxylic acids is 1. The number of carbonyl (C=O) groups excluding carboxylic acids is 1. The van der Waals surface area contributed by atoms with E-state index < -0.39 is 18.1 Å². The predicted molar refractivity (Wildman–Crippen MR) is 77.9 cm³/mol. The van der Waals surface area contributed by atoms with E-state index in [0.29, 0.717) is 13.1 Å². The summed E-state index contributed by atoms with van der Waals surface area (Å²) in [6.07, 6.45) is 5.30. The van der Waals surface area contributed by atoms with Gasteiger partial charge >= 0.3 is 12.0 Å². The number of amides is 2. The minimum atomic E-state index is -0.943. The first-order chi connectivity index (χ1) is 9.99. The zero-order valence-electron chi connectivity index (χ0n) is 12.6. The Morgan fingerprint density at radius 3 is 2.33 bits per heavy atom. The predicted octanol–water partition coefficient (Wildman–Crippen LogP) is 1.43. The summed E-state index contributed by atoms with van der Waals surface area (Å²) in [6.45, 7) is 2.81. The molecule has 6 heteroatoms. The van der Waals surface area contributed by atoms with E-state index in [9.17, 15) is 19.8 Å². The van der Waals surface area contributed by atoms with E-state index in [2.05, 4.69) is 5.32 Å². The third-order valence-corrected chi connectivity index (χ3v) is 4.86. The Labute approximate surface area is 125 Å². The maximum absolute atomic E-state index is 12.2. The standard InChI is InChI=1S/C15H26N2O4/c1-10(18)12-7-8-17(9-12)15(21)16-13(14(19)20)11-5-3-2-4-6-11/h10-13,18H,2-9H2,1H3,(H,16,21)(H,19,20). The second-order valence-corrected chi connectivity index (χ2v) is 6.40. The van der Waals surface area contributed by atoms with E-state index >= 15 is 0 Å². The highest BCUT2D eigenvalue weighted by Crippen LogP contribution is 2.27. The molecule has 0 aromatic heterocycles. The van der Waals surface area contributed by atoms with E-state index in [1.165, 1.54) is 0 Å². The van der Waals surface area contributed by atoms with Crippen LogP contribution in [0.3, 0.4) is 0 Å². The monoisotopic (exact) mass is 298 g/mol. The molecule has 0 aromatic rings. The highest BCUT2D eigenvalue weighted by atomic mass is 16.4. The van der Waals surface area contributed by atoms with E-state index in [4.69, 9.17) is 0 Å². The third-order valence-electron chi connectivity index (χ3n) is 4.86. The molecule has 0 aromatic carbocycles. The van der Waals surface area contributed by atoms with Crippen molar-refractivity contribution in [1.29, 1.82) is 0 Å². The van der Waals surface area contributed by atoms with Gasteiger partial charge in [0.25, 0.3) is 0 Å². The molecule has 1 saturated carbocycles. The lowest BCUT2D eigenvalue weighted by Crippen LogP contribution is -2.51. The number of nitrogens with one attached hydrogen (secondary N) is 1. The quantitative estimate of drug-likeness (QED) is 0.732. The van der Waals surface area contributed by atoms with Crippen LogP contribution in [-0.2, 0) is 4.79 Å². The number of carbonyl (C=O) groups is 2. The molecule has 0 radical (unpaired) electrons. The molecule has 1 aliphatic carbocycles. The number of hydrogen-bond donors (Lipinski definition) is 3. The van der Waals surface area contributed by atoms with Crippen molar-refractivity contribution >= 4 is 12.0 Å². The van der Waals surface area contributed by atoms with Gasteiger partial charge in [0.2, 0.25) is 0 Å². The SMILES string of the molecule is CC(O)C1CCN(C(=O)NC(C(=O)O)C2CCCCC2)C1. The Morgan fingerprint density at radius 2 is 1.81 bits per heavy atom. The molecule has 3 atom stereocenters. The van der Waals surface area contributed by atoms with Crippen LogP contribution < -0.4 is 5.32 Å². The highest BCUT2D eigenvalue weighted by molar-refractivity contribution is 5.83. The molecule has 1 aliphatic heterocycles. The summed E-state index contributed by atoms with van der Waals surface area (Å²) in [7, 11) is 0. The second-order valence-electron chi connectivity index (χ2n) is 6.40. The summed E-state index contributed by atoms with van der Waals surface area (Å²) < 4.78 is 0. The first-order valence-corrected chi connectivity index (χ1v) is 7.95. The molecule has 0 bridgehead atoms. The molecule has 3 N–H and O–H groups in total. The number of hydrogen-bond acceptors (Lipinski definition) is 3. The fourth-order valence-corrected chi connectivity index (χ4v) is 3.44. The van der Waals surface area contributed by atoms with Gasteiger partial charge in [0, 0.05) is 19.0 Å². The van der Waals surface area contributed by atoms with Crippen LogP contribution in [0.15, 0.2) is 0 Å². The lowest BCUT2D eigenvalue weighted by Gasteiger charge is -2.29. The fraction of sp³-hybridized carbons (Fsp3) is 0.867. The van der Waals surface area contributed by atoms with Gasteiger partial charge in [0.15, 0.2) is 0 Å². The fourth-order valence-electron chi connectivity index (χ4n) is 3.44. The van der Waals surface area contributed by atoms with Gasteiger partial charge in [0.1, 0.15) is 6.04 Å². The van der Waals surface area contributed by atoms with E-state index in [1.54, 1.807) is 11.8 Å². The van der Waals surface area contributed by atoms with Crippen LogP contribution in [0.1, 0.15) is 45.4 Å². The van der Waals surface area contributed by atoms with Crippen molar-refractivity contribution in [3.05, 3.63) is 0 Å². The molecule has 2 aliphatic rings. The molecule has 21 heavy (non-hydrogen) atoms. The maximum Gasteiger partial charge on any atom is 0.326 e. The van der Waals surface area contributed by atoms with Crippen LogP contribution in [0, 0.1) is 11.8 Å². The normalized spacial score (nSPS) is 26.4. The summed E-state index contributed by atoms with van der Waals surface area (Å²) in [5.74, 6) is -0.814. The van der Waals surface area contributed by atoms with Crippen molar-refractivity contribution in [2.45, 2.75) is 57.6 Å². The smallest absolute Gasteiger partial charge is 0.326 e. The van der Waals surface area contributed by atoms with Gasteiger partial charge in [0.05, 0.1) is 6.10 Å². The molecule has 2 rings (SSSR count). The van der Waals surface area contributed by atoms with Crippen molar-refractivity contribution in [3.8, 4) is 0 Å². The lowest BCUT2D eigenvalue weighted by molar-refractivity contribution is -0.141. The molecule has 0 spiro atoms. The summed E-state index contributed by atoms with van der Waals surface area (Å²) in [4.78, 5) is 25.3. The van der Waals surface area contributed by atoms with Gasteiger partial charge in [-0.2, -0.15) is 0 Å². The molecule has 1 heterocycles. The Kier molecular flexibility index (Phi) is 5.45. The largest absolute Gasteiger partial charge is 0.480 e. The zero-order chi connectivity index (χ0) is 15.4. The van der Waals surface area contributed by atoms with Crippen molar-refractivity contribution < 1.29 is 19.8 Å². The molecular formula is C15H26N2O4. The number of aliphatic hydroxyl groups is 1. The highest BCUT2D eigenvalue weighted by Gasteiger charge is 2.34. The van der Waals surface area contributed by atoms with Gasteiger partial charge < -0.3 is 20.4 Å². The maximum atomic E-state index is 12.2.